The minimum absolute atomic E-state index is 0.00306. The maximum atomic E-state index is 12.0. The van der Waals surface area contributed by atoms with Crippen LogP contribution < -0.4 is 4.48 Å². The van der Waals surface area contributed by atoms with Crippen LogP contribution in [0.2, 0.25) is 0 Å². The summed E-state index contributed by atoms with van der Waals surface area (Å²) in [5, 5.41) is 8.30. The summed E-state index contributed by atoms with van der Waals surface area (Å²) in [7, 11) is -5.07. The lowest BCUT2D eigenvalue weighted by Gasteiger charge is -2.06. The molecule has 0 aliphatic carbocycles. The second kappa shape index (κ2) is 2.85. The molecule has 0 aromatic carbocycles. The fourth-order valence-corrected chi connectivity index (χ4v) is 0.741. The number of rotatable bonds is 1. The van der Waals surface area contributed by atoms with Crippen LogP contribution in [0.5, 0.6) is 0 Å². The molecule has 0 saturated carbocycles. The molecule has 0 aliphatic rings. The lowest BCUT2D eigenvalue weighted by atomic mass is 10.1. The first-order valence-electron chi connectivity index (χ1n) is 3.15. The van der Waals surface area contributed by atoms with Gasteiger partial charge < -0.3 is 17.4 Å². The van der Waals surface area contributed by atoms with E-state index in [2.05, 4.69) is 0 Å². The molecule has 0 fully saturated rings. The average molecular weight is 172 g/mol. The smallest absolute Gasteiger partial charge is 0.379 e. The molecule has 1 rings (SSSR count). The van der Waals surface area contributed by atoms with Gasteiger partial charge in [-0.2, -0.15) is 5.26 Å². The van der Waals surface area contributed by atoms with E-state index in [1.54, 1.807) is 6.07 Å². The zero-order valence-electron chi connectivity index (χ0n) is 5.92. The summed E-state index contributed by atoms with van der Waals surface area (Å²) in [6.45, 7) is 0. The van der Waals surface area contributed by atoms with E-state index in [1.165, 1.54) is 12.1 Å². The van der Waals surface area contributed by atoms with Gasteiger partial charge in [-0.05, 0) is 12.1 Å². The highest BCUT2D eigenvalue weighted by Crippen LogP contribution is 2.03. The normalized spacial score (nSPS) is 10.8. The van der Waals surface area contributed by atoms with Crippen molar-refractivity contribution in [3.63, 3.8) is 0 Å². The van der Waals surface area contributed by atoms with Crippen LogP contribution >= 0.6 is 0 Å². The predicted molar refractivity (Wildman–Crippen MR) is 35.8 cm³/mol. The van der Waals surface area contributed by atoms with Crippen LogP contribution in [0.25, 0.3) is 0 Å². The van der Waals surface area contributed by atoms with Crippen molar-refractivity contribution in [1.29, 1.82) is 5.26 Å². The van der Waals surface area contributed by atoms with Gasteiger partial charge in [0.2, 0.25) is 0 Å². The second-order valence-corrected chi connectivity index (χ2v) is 2.19. The molecular formula is C6H4BF3N2. The van der Waals surface area contributed by atoms with E-state index in [4.69, 9.17) is 5.26 Å². The number of hydrogen-bond donors (Lipinski definition) is 0. The average Bonchev–Trinajstić information content (AvgIpc) is 2.03. The number of pyridine rings is 1. The molecule has 0 N–H and O–H groups in total. The Hall–Kier alpha value is -1.51. The van der Waals surface area contributed by atoms with Crippen molar-refractivity contribution in [2.24, 2.45) is 0 Å². The molecule has 12 heavy (non-hydrogen) atoms. The monoisotopic (exact) mass is 172 g/mol. The van der Waals surface area contributed by atoms with E-state index in [9.17, 15) is 12.9 Å². The molecule has 6 heteroatoms. The van der Waals surface area contributed by atoms with E-state index >= 15 is 0 Å². The van der Waals surface area contributed by atoms with Gasteiger partial charge in [-0.25, -0.2) is 0 Å². The van der Waals surface area contributed by atoms with Gasteiger partial charge >= 0.3 is 7.11 Å². The second-order valence-electron chi connectivity index (χ2n) is 2.19. The summed E-state index contributed by atoms with van der Waals surface area (Å²) in [6, 6.07) is 4.13. The van der Waals surface area contributed by atoms with Gasteiger partial charge in [-0.3, -0.25) is 0 Å². The Labute approximate surface area is 66.9 Å². The summed E-state index contributed by atoms with van der Waals surface area (Å²) in [5.74, 6) is 0. The molecule has 0 aliphatic heterocycles. The van der Waals surface area contributed by atoms with Gasteiger partial charge in [0.1, 0.15) is 24.0 Å². The van der Waals surface area contributed by atoms with Gasteiger partial charge in [-0.15, -0.1) is 0 Å². The van der Waals surface area contributed by atoms with Gasteiger partial charge in [0.15, 0.2) is 0 Å². The summed E-state index contributed by atoms with van der Waals surface area (Å²) >= 11 is 0. The minimum atomic E-state index is -5.07. The standard InChI is InChI=1S/C6H4BF3N2/c8-7(9,10)12-3-1-2-6(4-11)5-12/h1-3,5H. The molecule has 2 nitrogen and oxygen atoms in total. The predicted octanol–water partition coefficient (Wildman–Crippen LogP) is 1.04. The zero-order valence-corrected chi connectivity index (χ0v) is 5.92. The van der Waals surface area contributed by atoms with Gasteiger partial charge in [0.05, 0.1) is 0 Å². The van der Waals surface area contributed by atoms with E-state index < -0.39 is 7.11 Å². The molecule has 0 saturated heterocycles. The van der Waals surface area contributed by atoms with Crippen LogP contribution in [0.15, 0.2) is 24.5 Å². The Morgan fingerprint density at radius 3 is 2.58 bits per heavy atom. The van der Waals surface area contributed by atoms with Crippen molar-refractivity contribution in [2.75, 3.05) is 0 Å². The molecule has 62 valence electrons. The molecule has 0 radical (unpaired) electrons. The Morgan fingerprint density at radius 2 is 2.08 bits per heavy atom. The number of halogens is 3. The maximum absolute atomic E-state index is 12.0. The summed E-state index contributed by atoms with van der Waals surface area (Å²) < 4.78 is 36.2. The SMILES string of the molecule is N#Cc1ccc[n+]([B-](F)(F)F)c1. The first-order chi connectivity index (χ1) is 5.54. The quantitative estimate of drug-likeness (QED) is 0.581. The van der Waals surface area contributed by atoms with Crippen LogP contribution in [0.4, 0.5) is 12.9 Å². The van der Waals surface area contributed by atoms with E-state index in [-0.39, 0.29) is 10.0 Å². The number of nitriles is 1. The molecule has 0 amide bonds. The molecular weight excluding hydrogens is 168 g/mol. The molecule has 0 unspecified atom stereocenters. The molecule has 1 aromatic rings. The fourth-order valence-electron chi connectivity index (χ4n) is 0.741. The fraction of sp³-hybridized carbons (Fsp3) is 0. The van der Waals surface area contributed by atoms with Crippen LogP contribution in [-0.2, 0) is 0 Å². The summed E-state index contributed by atoms with van der Waals surface area (Å²) in [5.41, 5.74) is -0.00306. The highest BCUT2D eigenvalue weighted by molar-refractivity contribution is 6.48. The molecule has 0 spiro atoms. The first-order valence-corrected chi connectivity index (χ1v) is 3.15. The van der Waals surface area contributed by atoms with Gasteiger partial charge in [0, 0.05) is 0 Å². The Morgan fingerprint density at radius 1 is 1.42 bits per heavy atom. The third-order valence-electron chi connectivity index (χ3n) is 1.29. The Balaban J connectivity index is 3.13. The van der Waals surface area contributed by atoms with Gasteiger partial charge in [-0.1, -0.05) is 0 Å². The van der Waals surface area contributed by atoms with Crippen LogP contribution in [0, 0.1) is 11.3 Å². The number of nitrogens with zero attached hydrogens (tertiary/aromatic N) is 2. The van der Waals surface area contributed by atoms with E-state index in [0.717, 1.165) is 12.4 Å². The highest BCUT2D eigenvalue weighted by atomic mass is 19.4. The molecule has 1 aromatic heterocycles. The Bertz CT molecular complexity index is 328. The highest BCUT2D eigenvalue weighted by Gasteiger charge is 2.40. The molecule has 1 heterocycles. The largest absolute Gasteiger partial charge is 0.810 e. The van der Waals surface area contributed by atoms with Crippen molar-refractivity contribution < 1.29 is 17.4 Å². The zero-order chi connectivity index (χ0) is 9.19. The third-order valence-corrected chi connectivity index (χ3v) is 1.29. The number of aromatic nitrogens is 1. The van der Waals surface area contributed by atoms with Crippen LogP contribution in [0.1, 0.15) is 5.56 Å². The number of hydrogen-bond acceptors (Lipinski definition) is 1. The van der Waals surface area contributed by atoms with Crippen molar-refractivity contribution in [3.05, 3.63) is 30.1 Å². The third kappa shape index (κ3) is 1.75. The minimum Gasteiger partial charge on any atom is -0.379 e. The van der Waals surface area contributed by atoms with E-state index in [1.807, 2.05) is 0 Å². The Kier molecular flexibility index (Phi) is 2.04. The van der Waals surface area contributed by atoms with Crippen molar-refractivity contribution >= 4 is 7.11 Å². The summed E-state index contributed by atoms with van der Waals surface area (Å²) in [4.78, 5) is 0. The van der Waals surface area contributed by atoms with Crippen molar-refractivity contribution in [2.45, 2.75) is 0 Å². The van der Waals surface area contributed by atoms with E-state index in [0.29, 0.717) is 0 Å². The van der Waals surface area contributed by atoms with Gasteiger partial charge in [0.25, 0.3) is 0 Å². The maximum Gasteiger partial charge on any atom is 0.810 e. The van der Waals surface area contributed by atoms with Crippen LogP contribution in [0.3, 0.4) is 0 Å². The van der Waals surface area contributed by atoms with Crippen molar-refractivity contribution in [1.82, 2.24) is 0 Å². The summed E-state index contributed by atoms with van der Waals surface area (Å²) in [6.07, 6.45) is 1.64. The topological polar surface area (TPSA) is 27.7 Å². The van der Waals surface area contributed by atoms with Crippen molar-refractivity contribution in [3.8, 4) is 6.07 Å². The van der Waals surface area contributed by atoms with Crippen LogP contribution in [-0.4, -0.2) is 7.11 Å². The first kappa shape index (κ1) is 8.59. The lowest BCUT2D eigenvalue weighted by Crippen LogP contribution is -2.55. The lowest BCUT2D eigenvalue weighted by molar-refractivity contribution is -0.576. The molecule has 0 bridgehead atoms. The molecule has 0 atom stereocenters.